The standard InChI is InChI=1S/C18H31N3O3.HI/c1-6-24-17-12-15(9-10-16(17)23-5)8-7-11-20-18(19-3)21-14(2)13-22-4;/h9-10,12,14H,6-8,11,13H2,1-5H3,(H2,19,20,21);1H. The van der Waals surface area contributed by atoms with Crippen molar-refractivity contribution in [1.29, 1.82) is 0 Å². The first-order chi connectivity index (χ1) is 11.6. The Hall–Kier alpha value is -1.22. The van der Waals surface area contributed by atoms with E-state index in [0.717, 1.165) is 36.8 Å². The summed E-state index contributed by atoms with van der Waals surface area (Å²) in [6.07, 6.45) is 1.96. The first-order valence-electron chi connectivity index (χ1n) is 8.40. The van der Waals surface area contributed by atoms with E-state index in [2.05, 4.69) is 34.7 Å². The number of aliphatic imine (C=N–C) groups is 1. The number of hydrogen-bond acceptors (Lipinski definition) is 4. The molecule has 0 spiro atoms. The molecule has 2 N–H and O–H groups in total. The molecule has 0 aliphatic heterocycles. The molecule has 0 saturated heterocycles. The molecular formula is C18H32IN3O3. The number of halogens is 1. The maximum absolute atomic E-state index is 5.62. The fourth-order valence-electron chi connectivity index (χ4n) is 2.36. The molecular weight excluding hydrogens is 433 g/mol. The summed E-state index contributed by atoms with van der Waals surface area (Å²) in [5.74, 6) is 2.37. The number of methoxy groups -OCH3 is 2. The Morgan fingerprint density at radius 3 is 2.60 bits per heavy atom. The average Bonchev–Trinajstić information content (AvgIpc) is 2.58. The number of rotatable bonds is 10. The van der Waals surface area contributed by atoms with Crippen LogP contribution in [0.15, 0.2) is 23.2 Å². The van der Waals surface area contributed by atoms with Crippen LogP contribution in [0.25, 0.3) is 0 Å². The topological polar surface area (TPSA) is 64.1 Å². The first kappa shape index (κ1) is 23.8. The zero-order chi connectivity index (χ0) is 17.8. The molecule has 0 fully saturated rings. The van der Waals surface area contributed by atoms with Gasteiger partial charge in [-0.3, -0.25) is 4.99 Å². The Morgan fingerprint density at radius 1 is 1.24 bits per heavy atom. The number of benzene rings is 1. The van der Waals surface area contributed by atoms with E-state index in [1.165, 1.54) is 5.56 Å². The van der Waals surface area contributed by atoms with Crippen LogP contribution in [0.4, 0.5) is 0 Å². The molecule has 0 saturated carbocycles. The second kappa shape index (κ2) is 14.0. The molecule has 0 heterocycles. The van der Waals surface area contributed by atoms with Gasteiger partial charge in [0.2, 0.25) is 0 Å². The molecule has 0 bridgehead atoms. The van der Waals surface area contributed by atoms with Crippen molar-refractivity contribution >= 4 is 29.9 Å². The van der Waals surface area contributed by atoms with Crippen molar-refractivity contribution in [3.63, 3.8) is 0 Å². The van der Waals surface area contributed by atoms with Crippen LogP contribution < -0.4 is 20.1 Å². The van der Waals surface area contributed by atoms with Crippen molar-refractivity contribution in [2.45, 2.75) is 32.7 Å². The highest BCUT2D eigenvalue weighted by Crippen LogP contribution is 2.28. The number of nitrogens with one attached hydrogen (secondary N) is 2. The average molecular weight is 465 g/mol. The number of aryl methyl sites for hydroxylation is 1. The van der Waals surface area contributed by atoms with Gasteiger partial charge in [-0.2, -0.15) is 0 Å². The molecule has 0 aliphatic rings. The van der Waals surface area contributed by atoms with Gasteiger partial charge in [0.25, 0.3) is 0 Å². The van der Waals surface area contributed by atoms with Crippen molar-refractivity contribution < 1.29 is 14.2 Å². The molecule has 25 heavy (non-hydrogen) atoms. The van der Waals surface area contributed by atoms with E-state index in [0.29, 0.717) is 13.2 Å². The van der Waals surface area contributed by atoms with Crippen molar-refractivity contribution in [2.24, 2.45) is 4.99 Å². The van der Waals surface area contributed by atoms with Gasteiger partial charge in [0.05, 0.1) is 20.3 Å². The van der Waals surface area contributed by atoms with Crippen LogP contribution in [0.2, 0.25) is 0 Å². The van der Waals surface area contributed by atoms with Gasteiger partial charge in [-0.05, 0) is 44.4 Å². The Kier molecular flexibility index (Phi) is 13.3. The first-order valence-corrected chi connectivity index (χ1v) is 8.40. The van der Waals surface area contributed by atoms with Gasteiger partial charge < -0.3 is 24.8 Å². The molecule has 1 aromatic rings. The highest BCUT2D eigenvalue weighted by Gasteiger charge is 2.06. The molecule has 0 radical (unpaired) electrons. The second-order valence-corrected chi connectivity index (χ2v) is 5.52. The minimum Gasteiger partial charge on any atom is -0.493 e. The van der Waals surface area contributed by atoms with Crippen LogP contribution in [0.3, 0.4) is 0 Å². The van der Waals surface area contributed by atoms with E-state index in [1.54, 1.807) is 21.3 Å². The molecule has 0 aliphatic carbocycles. The Morgan fingerprint density at radius 2 is 2.00 bits per heavy atom. The van der Waals surface area contributed by atoms with Crippen LogP contribution in [-0.4, -0.2) is 53.0 Å². The summed E-state index contributed by atoms with van der Waals surface area (Å²) in [6.45, 7) is 6.15. The quantitative estimate of drug-likeness (QED) is 0.241. The van der Waals surface area contributed by atoms with Crippen molar-refractivity contribution in [2.75, 3.05) is 41.0 Å². The molecule has 7 heteroatoms. The minimum atomic E-state index is 0. The largest absolute Gasteiger partial charge is 0.493 e. The summed E-state index contributed by atoms with van der Waals surface area (Å²) in [7, 11) is 5.12. The normalized spacial score (nSPS) is 12.1. The highest BCUT2D eigenvalue weighted by molar-refractivity contribution is 14.0. The van der Waals surface area contributed by atoms with Gasteiger partial charge >= 0.3 is 0 Å². The minimum absolute atomic E-state index is 0. The molecule has 144 valence electrons. The monoisotopic (exact) mass is 465 g/mol. The SMILES string of the molecule is CCOc1cc(CCCNC(=NC)NC(C)COC)ccc1OC.I. The van der Waals surface area contributed by atoms with Crippen molar-refractivity contribution in [1.82, 2.24) is 10.6 Å². The fraction of sp³-hybridized carbons (Fsp3) is 0.611. The Balaban J connectivity index is 0.00000576. The molecule has 1 rings (SSSR count). The van der Waals surface area contributed by atoms with Gasteiger partial charge in [0.15, 0.2) is 17.5 Å². The molecule has 0 amide bonds. The van der Waals surface area contributed by atoms with E-state index < -0.39 is 0 Å². The summed E-state index contributed by atoms with van der Waals surface area (Å²) in [4.78, 5) is 4.22. The lowest BCUT2D eigenvalue weighted by atomic mass is 10.1. The van der Waals surface area contributed by atoms with Crippen LogP contribution >= 0.6 is 24.0 Å². The summed E-state index contributed by atoms with van der Waals surface area (Å²) in [5, 5.41) is 6.60. The third-order valence-corrected chi connectivity index (χ3v) is 3.49. The van der Waals surface area contributed by atoms with Gasteiger partial charge in [-0.15, -0.1) is 24.0 Å². The van der Waals surface area contributed by atoms with Gasteiger partial charge in [0, 0.05) is 26.7 Å². The summed E-state index contributed by atoms with van der Waals surface area (Å²) in [5.41, 5.74) is 1.23. The van der Waals surface area contributed by atoms with Crippen molar-refractivity contribution in [3.05, 3.63) is 23.8 Å². The lowest BCUT2D eigenvalue weighted by Crippen LogP contribution is -2.44. The lowest BCUT2D eigenvalue weighted by molar-refractivity contribution is 0.179. The molecule has 1 aromatic carbocycles. The van der Waals surface area contributed by atoms with Crippen LogP contribution in [-0.2, 0) is 11.2 Å². The second-order valence-electron chi connectivity index (χ2n) is 5.52. The van der Waals surface area contributed by atoms with E-state index in [1.807, 2.05) is 13.0 Å². The lowest BCUT2D eigenvalue weighted by Gasteiger charge is -2.17. The van der Waals surface area contributed by atoms with Crippen LogP contribution in [0, 0.1) is 0 Å². The zero-order valence-corrected chi connectivity index (χ0v) is 18.3. The summed E-state index contributed by atoms with van der Waals surface area (Å²) >= 11 is 0. The van der Waals surface area contributed by atoms with Crippen molar-refractivity contribution in [3.8, 4) is 11.5 Å². The summed E-state index contributed by atoms with van der Waals surface area (Å²) < 4.78 is 16.0. The third kappa shape index (κ3) is 9.15. The van der Waals surface area contributed by atoms with Gasteiger partial charge in [-0.1, -0.05) is 6.07 Å². The number of guanidine groups is 1. The molecule has 1 atom stereocenters. The Labute approximate surface area is 168 Å². The van der Waals surface area contributed by atoms with E-state index in [9.17, 15) is 0 Å². The summed E-state index contributed by atoms with van der Waals surface area (Å²) in [6, 6.07) is 6.31. The maximum atomic E-state index is 5.62. The fourth-order valence-corrected chi connectivity index (χ4v) is 2.36. The smallest absolute Gasteiger partial charge is 0.191 e. The maximum Gasteiger partial charge on any atom is 0.191 e. The van der Waals surface area contributed by atoms with Gasteiger partial charge in [-0.25, -0.2) is 0 Å². The van der Waals surface area contributed by atoms with E-state index >= 15 is 0 Å². The van der Waals surface area contributed by atoms with Gasteiger partial charge in [0.1, 0.15) is 0 Å². The van der Waals surface area contributed by atoms with Crippen LogP contribution in [0.1, 0.15) is 25.8 Å². The Bertz CT molecular complexity index is 512. The molecule has 0 aromatic heterocycles. The number of hydrogen-bond donors (Lipinski definition) is 2. The zero-order valence-electron chi connectivity index (χ0n) is 15.9. The predicted octanol–water partition coefficient (Wildman–Crippen LogP) is 2.84. The third-order valence-electron chi connectivity index (χ3n) is 3.49. The van der Waals surface area contributed by atoms with E-state index in [-0.39, 0.29) is 30.0 Å². The predicted molar refractivity (Wildman–Crippen MR) is 114 cm³/mol. The highest BCUT2D eigenvalue weighted by atomic mass is 127. The number of nitrogens with zero attached hydrogens (tertiary/aromatic N) is 1. The molecule has 1 unspecified atom stereocenters. The molecule has 6 nitrogen and oxygen atoms in total. The van der Waals surface area contributed by atoms with Crippen LogP contribution in [0.5, 0.6) is 11.5 Å². The number of ether oxygens (including phenoxy) is 3. The van der Waals surface area contributed by atoms with E-state index in [4.69, 9.17) is 14.2 Å².